The third-order valence-corrected chi connectivity index (χ3v) is 3.64. The maximum atomic E-state index is 12.1. The molecule has 1 aromatic rings. The fourth-order valence-corrected chi connectivity index (χ4v) is 2.31. The van der Waals surface area contributed by atoms with Gasteiger partial charge in [0.1, 0.15) is 0 Å². The molecule has 1 rings (SSSR count). The Balaban J connectivity index is 3.17. The molecule has 16 heavy (non-hydrogen) atoms. The summed E-state index contributed by atoms with van der Waals surface area (Å²) in [7, 11) is 0. The van der Waals surface area contributed by atoms with Crippen LogP contribution in [-0.4, -0.2) is 5.78 Å². The van der Waals surface area contributed by atoms with Gasteiger partial charge >= 0.3 is 0 Å². The van der Waals surface area contributed by atoms with Crippen molar-refractivity contribution in [3.05, 3.63) is 32.8 Å². The van der Waals surface area contributed by atoms with Gasteiger partial charge in [-0.2, -0.15) is 0 Å². The lowest BCUT2D eigenvalue weighted by molar-refractivity contribution is 0.0913. The molecule has 0 heterocycles. The zero-order valence-corrected chi connectivity index (χ0v) is 11.5. The summed E-state index contributed by atoms with van der Waals surface area (Å²) in [4.78, 5) is 12.1. The summed E-state index contributed by atoms with van der Waals surface area (Å²) >= 11 is 17.8. The molecule has 0 saturated heterocycles. The van der Waals surface area contributed by atoms with Gasteiger partial charge in [0.15, 0.2) is 5.78 Å². The first kappa shape index (κ1) is 13.8. The van der Waals surface area contributed by atoms with Crippen molar-refractivity contribution in [3.8, 4) is 0 Å². The van der Waals surface area contributed by atoms with Crippen molar-refractivity contribution in [1.29, 1.82) is 0 Å². The van der Waals surface area contributed by atoms with Crippen molar-refractivity contribution in [3.63, 3.8) is 0 Å². The van der Waals surface area contributed by atoms with Gasteiger partial charge in [0.05, 0.1) is 10.0 Å². The van der Waals surface area contributed by atoms with E-state index in [4.69, 9.17) is 34.8 Å². The first-order valence-electron chi connectivity index (χ1n) is 5.20. The standard InChI is InChI=1S/C12H13Cl3O/c1-3-7(4-2)12(16)9-5-8(13)6-10(14)11(9)15/h5-7H,3-4H2,1-2H3. The third-order valence-electron chi connectivity index (χ3n) is 2.61. The van der Waals surface area contributed by atoms with Crippen molar-refractivity contribution in [2.24, 2.45) is 5.92 Å². The highest BCUT2D eigenvalue weighted by Crippen LogP contribution is 2.32. The summed E-state index contributed by atoms with van der Waals surface area (Å²) in [6, 6.07) is 3.12. The van der Waals surface area contributed by atoms with Crippen molar-refractivity contribution < 1.29 is 4.79 Å². The smallest absolute Gasteiger partial charge is 0.167 e. The minimum atomic E-state index is -0.0213. The van der Waals surface area contributed by atoms with E-state index in [9.17, 15) is 4.79 Å². The summed E-state index contributed by atoms with van der Waals surface area (Å²) in [5.41, 5.74) is 0.424. The topological polar surface area (TPSA) is 17.1 Å². The molecule has 0 N–H and O–H groups in total. The molecule has 1 aromatic carbocycles. The van der Waals surface area contributed by atoms with Gasteiger partial charge in [-0.15, -0.1) is 0 Å². The summed E-state index contributed by atoms with van der Waals surface area (Å²) in [5.74, 6) is -0.00793. The second-order valence-electron chi connectivity index (χ2n) is 3.63. The molecule has 0 bridgehead atoms. The van der Waals surface area contributed by atoms with Gasteiger partial charge in [-0.05, 0) is 25.0 Å². The fourth-order valence-electron chi connectivity index (χ4n) is 1.61. The summed E-state index contributed by atoms with van der Waals surface area (Å²) in [6.07, 6.45) is 1.57. The summed E-state index contributed by atoms with van der Waals surface area (Å²) in [5, 5.41) is 1.05. The highest BCUT2D eigenvalue weighted by molar-refractivity contribution is 6.45. The molecule has 0 saturated carbocycles. The Kier molecular flexibility index (Phi) is 5.10. The highest BCUT2D eigenvalue weighted by atomic mass is 35.5. The molecule has 1 nitrogen and oxygen atoms in total. The van der Waals surface area contributed by atoms with Gasteiger partial charge in [-0.1, -0.05) is 48.7 Å². The Morgan fingerprint density at radius 1 is 1.19 bits per heavy atom. The first-order valence-corrected chi connectivity index (χ1v) is 6.33. The van der Waals surface area contributed by atoms with Gasteiger partial charge in [0.2, 0.25) is 0 Å². The van der Waals surface area contributed by atoms with E-state index >= 15 is 0 Å². The van der Waals surface area contributed by atoms with Crippen LogP contribution < -0.4 is 0 Å². The number of hydrogen-bond donors (Lipinski definition) is 0. The molecular formula is C12H13Cl3O. The third kappa shape index (κ3) is 2.91. The fraction of sp³-hybridized carbons (Fsp3) is 0.417. The number of carbonyl (C=O) groups excluding carboxylic acids is 1. The van der Waals surface area contributed by atoms with Crippen LogP contribution in [0.3, 0.4) is 0 Å². The van der Waals surface area contributed by atoms with Crippen LogP contribution in [0.15, 0.2) is 12.1 Å². The molecule has 0 amide bonds. The lowest BCUT2D eigenvalue weighted by Gasteiger charge is -2.13. The predicted molar refractivity (Wildman–Crippen MR) is 69.9 cm³/mol. The molecule has 0 aromatic heterocycles. The number of carbonyl (C=O) groups is 1. The quantitative estimate of drug-likeness (QED) is 0.542. The van der Waals surface area contributed by atoms with Crippen LogP contribution in [0.5, 0.6) is 0 Å². The Morgan fingerprint density at radius 2 is 1.75 bits per heavy atom. The van der Waals surface area contributed by atoms with Gasteiger partial charge in [0.25, 0.3) is 0 Å². The second kappa shape index (κ2) is 5.90. The minimum Gasteiger partial charge on any atom is -0.294 e. The van der Waals surface area contributed by atoms with E-state index in [0.717, 1.165) is 12.8 Å². The molecular weight excluding hydrogens is 266 g/mol. The summed E-state index contributed by atoms with van der Waals surface area (Å²) < 4.78 is 0. The Morgan fingerprint density at radius 3 is 2.25 bits per heavy atom. The molecule has 0 aliphatic carbocycles. The van der Waals surface area contributed by atoms with E-state index in [1.165, 1.54) is 6.07 Å². The number of Topliss-reactive ketones (excluding diaryl/α,β-unsaturated/α-hetero) is 1. The number of halogens is 3. The van der Waals surface area contributed by atoms with Crippen LogP contribution in [0, 0.1) is 5.92 Å². The molecule has 0 aliphatic heterocycles. The Hall–Kier alpha value is -0.240. The molecule has 0 radical (unpaired) electrons. The van der Waals surface area contributed by atoms with E-state index in [0.29, 0.717) is 20.6 Å². The largest absolute Gasteiger partial charge is 0.294 e. The Labute approximate surface area is 111 Å². The molecule has 0 fully saturated rings. The van der Waals surface area contributed by atoms with E-state index in [2.05, 4.69) is 0 Å². The van der Waals surface area contributed by atoms with Crippen LogP contribution in [0.25, 0.3) is 0 Å². The SMILES string of the molecule is CCC(CC)C(=O)c1cc(Cl)cc(Cl)c1Cl. The van der Waals surface area contributed by atoms with Crippen molar-refractivity contribution >= 4 is 40.6 Å². The molecule has 0 unspecified atom stereocenters. The van der Waals surface area contributed by atoms with Crippen LogP contribution >= 0.6 is 34.8 Å². The van der Waals surface area contributed by atoms with Crippen molar-refractivity contribution in [1.82, 2.24) is 0 Å². The van der Waals surface area contributed by atoms with Crippen LogP contribution in [0.2, 0.25) is 15.1 Å². The maximum absolute atomic E-state index is 12.1. The molecule has 4 heteroatoms. The highest BCUT2D eigenvalue weighted by Gasteiger charge is 2.20. The van der Waals surface area contributed by atoms with Gasteiger partial charge < -0.3 is 0 Å². The number of hydrogen-bond acceptors (Lipinski definition) is 1. The van der Waals surface area contributed by atoms with Crippen molar-refractivity contribution in [2.75, 3.05) is 0 Å². The lowest BCUT2D eigenvalue weighted by Crippen LogP contribution is -2.13. The second-order valence-corrected chi connectivity index (χ2v) is 4.85. The molecule has 0 atom stereocenters. The molecule has 0 aliphatic rings. The minimum absolute atomic E-state index is 0.0133. The molecule has 88 valence electrons. The van der Waals surface area contributed by atoms with Gasteiger partial charge in [-0.3, -0.25) is 4.79 Å². The first-order chi connectivity index (χ1) is 7.51. The number of benzene rings is 1. The average Bonchev–Trinajstić information content (AvgIpc) is 2.24. The zero-order chi connectivity index (χ0) is 12.3. The van der Waals surface area contributed by atoms with Gasteiger partial charge in [0, 0.05) is 16.5 Å². The zero-order valence-electron chi connectivity index (χ0n) is 9.19. The molecule has 0 spiro atoms. The monoisotopic (exact) mass is 278 g/mol. The Bertz CT molecular complexity index is 397. The summed E-state index contributed by atoms with van der Waals surface area (Å²) in [6.45, 7) is 3.96. The van der Waals surface area contributed by atoms with E-state index in [-0.39, 0.29) is 11.7 Å². The van der Waals surface area contributed by atoms with Crippen LogP contribution in [-0.2, 0) is 0 Å². The average molecular weight is 280 g/mol. The van der Waals surface area contributed by atoms with Gasteiger partial charge in [-0.25, -0.2) is 0 Å². The van der Waals surface area contributed by atoms with E-state index in [1.54, 1.807) is 6.07 Å². The number of rotatable bonds is 4. The van der Waals surface area contributed by atoms with E-state index in [1.807, 2.05) is 13.8 Å². The lowest BCUT2D eigenvalue weighted by atomic mass is 9.93. The van der Waals surface area contributed by atoms with Crippen LogP contribution in [0.4, 0.5) is 0 Å². The van der Waals surface area contributed by atoms with Crippen LogP contribution in [0.1, 0.15) is 37.0 Å². The van der Waals surface area contributed by atoms with E-state index < -0.39 is 0 Å². The van der Waals surface area contributed by atoms with Crippen molar-refractivity contribution in [2.45, 2.75) is 26.7 Å². The number of ketones is 1. The normalized spacial score (nSPS) is 10.9. The maximum Gasteiger partial charge on any atom is 0.167 e. The predicted octanol–water partition coefficient (Wildman–Crippen LogP) is 5.27.